The van der Waals surface area contributed by atoms with Gasteiger partial charge in [0.15, 0.2) is 0 Å². The van der Waals surface area contributed by atoms with Gasteiger partial charge in [-0.2, -0.15) is 0 Å². The van der Waals surface area contributed by atoms with Gasteiger partial charge in [0.25, 0.3) is 0 Å². The summed E-state index contributed by atoms with van der Waals surface area (Å²) in [6.45, 7) is 12.7. The van der Waals surface area contributed by atoms with Gasteiger partial charge in [0, 0.05) is 6.54 Å². The molecule has 2 atom stereocenters. The molecular formula is C26H41N3O7. The van der Waals surface area contributed by atoms with E-state index in [0.717, 1.165) is 5.56 Å². The monoisotopic (exact) mass is 507 g/mol. The van der Waals surface area contributed by atoms with Crippen LogP contribution in [0.1, 0.15) is 66.9 Å². The quantitative estimate of drug-likeness (QED) is 0.236. The first kappa shape index (κ1) is 30.7. The first-order valence-corrected chi connectivity index (χ1v) is 12.1. The van der Waals surface area contributed by atoms with E-state index in [1.807, 2.05) is 30.3 Å². The number of rotatable bonds is 11. The van der Waals surface area contributed by atoms with Crippen LogP contribution in [-0.4, -0.2) is 54.9 Å². The van der Waals surface area contributed by atoms with Crippen LogP contribution < -0.4 is 16.0 Å². The Labute approximate surface area is 213 Å². The Kier molecular flexibility index (Phi) is 12.2. The van der Waals surface area contributed by atoms with Crippen molar-refractivity contribution >= 4 is 24.1 Å². The number of benzene rings is 1. The van der Waals surface area contributed by atoms with Crippen molar-refractivity contribution in [3.63, 3.8) is 0 Å². The zero-order valence-corrected chi connectivity index (χ0v) is 22.4. The second-order valence-electron chi connectivity index (χ2n) is 10.4. The van der Waals surface area contributed by atoms with Crippen molar-refractivity contribution in [1.29, 1.82) is 0 Å². The maximum Gasteiger partial charge on any atom is 0.408 e. The molecule has 0 saturated heterocycles. The van der Waals surface area contributed by atoms with Crippen LogP contribution in [0.2, 0.25) is 0 Å². The second kappa shape index (κ2) is 14.3. The fraction of sp³-hybridized carbons (Fsp3) is 0.615. The van der Waals surface area contributed by atoms with Gasteiger partial charge in [-0.1, -0.05) is 51.1 Å². The van der Waals surface area contributed by atoms with E-state index in [1.165, 1.54) is 0 Å². The Hall–Kier alpha value is -3.30. The van der Waals surface area contributed by atoms with E-state index in [9.17, 15) is 19.2 Å². The number of esters is 1. The van der Waals surface area contributed by atoms with Gasteiger partial charge in [-0.05, 0) is 51.5 Å². The Morgan fingerprint density at radius 2 is 1.53 bits per heavy atom. The van der Waals surface area contributed by atoms with Gasteiger partial charge in [0.1, 0.15) is 24.3 Å². The molecule has 1 aromatic carbocycles. The molecule has 0 aromatic heterocycles. The van der Waals surface area contributed by atoms with Crippen molar-refractivity contribution in [3.8, 4) is 0 Å². The summed E-state index contributed by atoms with van der Waals surface area (Å²) < 4.78 is 15.5. The number of carbonyl (C=O) groups excluding carboxylic acids is 4. The third kappa shape index (κ3) is 12.4. The smallest absolute Gasteiger partial charge is 0.408 e. The topological polar surface area (TPSA) is 132 Å². The molecule has 0 aliphatic heterocycles. The van der Waals surface area contributed by atoms with Gasteiger partial charge in [0.2, 0.25) is 5.91 Å². The summed E-state index contributed by atoms with van der Waals surface area (Å²) in [6, 6.07) is 7.37. The number of hydrogen-bond donors (Lipinski definition) is 3. The number of hydrogen-bond acceptors (Lipinski definition) is 7. The summed E-state index contributed by atoms with van der Waals surface area (Å²) in [4.78, 5) is 49.8. The average molecular weight is 508 g/mol. The Balaban J connectivity index is 2.68. The molecular weight excluding hydrogens is 466 g/mol. The van der Waals surface area contributed by atoms with Crippen molar-refractivity contribution in [2.75, 3.05) is 13.2 Å². The van der Waals surface area contributed by atoms with Crippen LogP contribution in [0, 0.1) is 5.41 Å². The molecule has 1 aromatic rings. The van der Waals surface area contributed by atoms with E-state index >= 15 is 0 Å². The molecule has 202 valence electrons. The number of nitrogens with one attached hydrogen (secondary N) is 3. The first-order chi connectivity index (χ1) is 16.7. The molecule has 0 bridgehead atoms. The first-order valence-electron chi connectivity index (χ1n) is 12.1. The molecule has 3 N–H and O–H groups in total. The van der Waals surface area contributed by atoms with Crippen molar-refractivity contribution < 1.29 is 33.4 Å². The predicted molar refractivity (Wildman–Crippen MR) is 135 cm³/mol. The molecule has 36 heavy (non-hydrogen) atoms. The number of amides is 3. The van der Waals surface area contributed by atoms with E-state index < -0.39 is 47.2 Å². The molecule has 0 aliphatic rings. The number of carbonyl (C=O) groups is 4. The van der Waals surface area contributed by atoms with Crippen molar-refractivity contribution in [2.24, 2.45) is 5.41 Å². The summed E-state index contributed by atoms with van der Waals surface area (Å²) in [5, 5.41) is 7.91. The minimum Gasteiger partial charge on any atom is -0.464 e. The second-order valence-corrected chi connectivity index (χ2v) is 10.4. The van der Waals surface area contributed by atoms with E-state index in [4.69, 9.17) is 14.2 Å². The highest BCUT2D eigenvalue weighted by Crippen LogP contribution is 2.21. The molecule has 10 nitrogen and oxygen atoms in total. The largest absolute Gasteiger partial charge is 0.464 e. The molecule has 0 saturated carbocycles. The van der Waals surface area contributed by atoms with Gasteiger partial charge in [0.05, 0.1) is 6.61 Å². The molecule has 0 heterocycles. The zero-order valence-electron chi connectivity index (χ0n) is 22.4. The Bertz CT molecular complexity index is 861. The van der Waals surface area contributed by atoms with Gasteiger partial charge in [-0.3, -0.25) is 4.79 Å². The van der Waals surface area contributed by atoms with Gasteiger partial charge < -0.3 is 30.2 Å². The maximum atomic E-state index is 13.1. The van der Waals surface area contributed by atoms with Crippen molar-refractivity contribution in [1.82, 2.24) is 16.0 Å². The molecule has 0 fully saturated rings. The van der Waals surface area contributed by atoms with Crippen LogP contribution in [0.5, 0.6) is 0 Å². The van der Waals surface area contributed by atoms with Gasteiger partial charge >= 0.3 is 18.2 Å². The lowest BCUT2D eigenvalue weighted by atomic mass is 9.86. The maximum absolute atomic E-state index is 13.1. The summed E-state index contributed by atoms with van der Waals surface area (Å²) >= 11 is 0. The lowest BCUT2D eigenvalue weighted by Crippen LogP contribution is -2.57. The van der Waals surface area contributed by atoms with Crippen LogP contribution in [0.25, 0.3) is 0 Å². The van der Waals surface area contributed by atoms with E-state index in [1.54, 1.807) is 48.5 Å². The summed E-state index contributed by atoms with van der Waals surface area (Å²) in [6.07, 6.45) is -0.718. The highest BCUT2D eigenvalue weighted by molar-refractivity contribution is 5.90. The molecule has 3 amide bonds. The number of alkyl carbamates (subject to hydrolysis) is 2. The molecule has 10 heteroatoms. The minimum atomic E-state index is -0.963. The highest BCUT2D eigenvalue weighted by atomic mass is 16.6. The molecule has 0 spiro atoms. The minimum absolute atomic E-state index is 0.146. The lowest BCUT2D eigenvalue weighted by molar-refractivity contribution is -0.148. The third-order valence-corrected chi connectivity index (χ3v) is 4.83. The van der Waals surface area contributed by atoms with E-state index in [-0.39, 0.29) is 26.2 Å². The fourth-order valence-corrected chi connectivity index (χ4v) is 3.12. The molecule has 0 unspecified atom stereocenters. The number of ether oxygens (including phenoxy) is 3. The van der Waals surface area contributed by atoms with Crippen LogP contribution in [0.15, 0.2) is 30.3 Å². The van der Waals surface area contributed by atoms with E-state index in [0.29, 0.717) is 6.42 Å². The molecule has 1 rings (SSSR count). The molecule has 0 radical (unpaired) electrons. The Morgan fingerprint density at radius 3 is 2.08 bits per heavy atom. The fourth-order valence-electron chi connectivity index (χ4n) is 3.12. The van der Waals surface area contributed by atoms with Crippen molar-refractivity contribution in [3.05, 3.63) is 35.9 Å². The summed E-state index contributed by atoms with van der Waals surface area (Å²) in [7, 11) is 0. The van der Waals surface area contributed by atoms with Gasteiger partial charge in [-0.25, -0.2) is 14.4 Å². The summed E-state index contributed by atoms with van der Waals surface area (Å²) in [5.41, 5.74) is -0.526. The summed E-state index contributed by atoms with van der Waals surface area (Å²) in [5.74, 6) is -1.14. The highest BCUT2D eigenvalue weighted by Gasteiger charge is 2.36. The van der Waals surface area contributed by atoms with Crippen molar-refractivity contribution in [2.45, 2.75) is 85.6 Å². The standard InChI is InChI=1S/C26H41N3O7/c1-8-34-22(31)19(15-12-16-27-23(32)35-17-18-13-10-9-11-14-18)28-21(30)20(25(2,3)4)29-24(33)36-26(5,6)7/h9-11,13-14,19-20H,8,12,15-17H2,1-7H3,(H,27,32)(H,28,30)(H,29,33)/t19-,20-/m1/s1. The van der Waals surface area contributed by atoms with E-state index in [2.05, 4.69) is 16.0 Å². The zero-order chi connectivity index (χ0) is 27.4. The van der Waals surface area contributed by atoms with Crippen LogP contribution >= 0.6 is 0 Å². The van der Waals surface area contributed by atoms with Gasteiger partial charge in [-0.15, -0.1) is 0 Å². The van der Waals surface area contributed by atoms with Crippen LogP contribution in [-0.2, 0) is 30.4 Å². The normalized spacial score (nSPS) is 13.1. The third-order valence-electron chi connectivity index (χ3n) is 4.83. The van der Waals surface area contributed by atoms with Crippen LogP contribution in [0.4, 0.5) is 9.59 Å². The van der Waals surface area contributed by atoms with Crippen LogP contribution in [0.3, 0.4) is 0 Å². The predicted octanol–water partition coefficient (Wildman–Crippen LogP) is 3.68. The SMILES string of the molecule is CCOC(=O)[C@@H](CCCNC(=O)OCc1ccccc1)NC(=O)[C@@H](NC(=O)OC(C)(C)C)C(C)(C)C. The Morgan fingerprint density at radius 1 is 0.889 bits per heavy atom. The molecule has 0 aliphatic carbocycles. The average Bonchev–Trinajstić information content (AvgIpc) is 2.76. The lowest BCUT2D eigenvalue weighted by Gasteiger charge is -2.32.